The molecule has 2 aliphatic heterocycles. The quantitative estimate of drug-likeness (QED) is 0.599. The number of hydroxylamine groups is 1. The third-order valence-corrected chi connectivity index (χ3v) is 4.69. The van der Waals surface area contributed by atoms with Gasteiger partial charge in [-0.15, -0.1) is 4.68 Å². The van der Waals surface area contributed by atoms with E-state index in [9.17, 15) is 14.0 Å². The lowest BCUT2D eigenvalue weighted by Gasteiger charge is -2.33. The molecule has 138 valence electrons. The molecule has 0 atom stereocenters. The molecule has 0 amide bonds. The number of rotatable bonds is 3. The predicted molar refractivity (Wildman–Crippen MR) is 82.2 cm³/mol. The van der Waals surface area contributed by atoms with E-state index in [-0.39, 0.29) is 0 Å². The van der Waals surface area contributed by atoms with E-state index in [1.54, 1.807) is 17.8 Å². The Bertz CT molecular complexity index is 863. The van der Waals surface area contributed by atoms with Crippen molar-refractivity contribution in [3.63, 3.8) is 0 Å². The zero-order valence-corrected chi connectivity index (χ0v) is 14.8. The lowest BCUT2D eigenvalue weighted by molar-refractivity contribution is -1.92. The van der Waals surface area contributed by atoms with Crippen LogP contribution >= 0.6 is 0 Å². The van der Waals surface area contributed by atoms with Gasteiger partial charge in [0.25, 0.3) is 4.39 Å². The number of aromatic nitrogens is 1. The molecule has 10 heteroatoms. The summed E-state index contributed by atoms with van der Waals surface area (Å²) in [6.45, 7) is 4.10. The Morgan fingerprint density at radius 3 is 2.62 bits per heavy atom. The number of pyridine rings is 1. The van der Waals surface area contributed by atoms with Gasteiger partial charge in [-0.2, -0.15) is 14.0 Å². The molecule has 4 rings (SSSR count). The van der Waals surface area contributed by atoms with Crippen molar-refractivity contribution in [3.05, 3.63) is 48.0 Å². The lowest BCUT2D eigenvalue weighted by Crippen LogP contribution is -2.66. The molecule has 1 fully saturated rings. The van der Waals surface area contributed by atoms with Crippen molar-refractivity contribution in [3.8, 4) is 0 Å². The molecule has 0 radical (unpaired) electrons. The summed E-state index contributed by atoms with van der Waals surface area (Å²) >= 11 is 0. The highest BCUT2D eigenvalue weighted by atomic mass is 35.7. The number of nitrogens with zero attached hydrogens (tertiary/aromatic N) is 3. The second-order valence-corrected chi connectivity index (χ2v) is 6.88. The number of hydrogen-bond donors (Lipinski definition) is 1. The molecule has 0 unspecified atom stereocenters. The van der Waals surface area contributed by atoms with Crippen LogP contribution < -0.4 is 29.1 Å². The van der Waals surface area contributed by atoms with Gasteiger partial charge in [0.15, 0.2) is 11.5 Å². The monoisotopic (exact) mass is 381 g/mol. The van der Waals surface area contributed by atoms with E-state index in [1.807, 2.05) is 35.2 Å². The van der Waals surface area contributed by atoms with Crippen LogP contribution in [0.5, 0.6) is 0 Å². The topological polar surface area (TPSA) is 110 Å². The fourth-order valence-electron chi connectivity index (χ4n) is 3.20. The van der Waals surface area contributed by atoms with Gasteiger partial charge in [-0.1, -0.05) is 18.2 Å². The highest BCUT2D eigenvalue weighted by Gasteiger charge is 2.45. The minimum atomic E-state index is -4.67. The second kappa shape index (κ2) is 6.54. The van der Waals surface area contributed by atoms with E-state index in [0.717, 1.165) is 15.8 Å². The summed E-state index contributed by atoms with van der Waals surface area (Å²) in [4.78, 5) is 2.02. The summed E-state index contributed by atoms with van der Waals surface area (Å²) in [5, 5.41) is 2.69. The number of halogens is 1. The molecule has 3 heterocycles. The number of ether oxygens (including phenoxy) is 1. The van der Waals surface area contributed by atoms with E-state index in [4.69, 9.17) is 9.13 Å². The molecule has 0 aliphatic carbocycles. The number of allylic oxidation sites excluding steroid dienone is 1. The summed E-state index contributed by atoms with van der Waals surface area (Å²) in [7, 11) is -4.67. The average Bonchev–Trinajstić information content (AvgIpc) is 2.63. The molecule has 2 aliphatic rings. The van der Waals surface area contributed by atoms with E-state index in [2.05, 4.69) is 5.43 Å². The summed E-state index contributed by atoms with van der Waals surface area (Å²) in [6.07, 6.45) is 1.76. The Balaban J connectivity index is 1.85. The van der Waals surface area contributed by atoms with Crippen molar-refractivity contribution < 1.29 is 38.0 Å². The maximum atomic E-state index is 11.3. The van der Waals surface area contributed by atoms with E-state index in [0.29, 0.717) is 43.6 Å². The van der Waals surface area contributed by atoms with Crippen LogP contribution in [0.15, 0.2) is 48.0 Å². The third kappa shape index (κ3) is 3.16. The summed E-state index contributed by atoms with van der Waals surface area (Å²) < 4.78 is 45.8. The Morgan fingerprint density at radius 2 is 1.88 bits per heavy atom. The number of nitrogens with one attached hydrogen (secondary N) is 1. The fraction of sp³-hybridized carbons (Fsp3) is 0.312. The van der Waals surface area contributed by atoms with Crippen LogP contribution in [0.1, 0.15) is 6.92 Å². The van der Waals surface area contributed by atoms with Crippen LogP contribution in [-0.2, 0) is 9.13 Å². The molecule has 2 aromatic rings. The van der Waals surface area contributed by atoms with Gasteiger partial charge in [-0.25, -0.2) is 5.43 Å². The van der Waals surface area contributed by atoms with E-state index in [1.165, 1.54) is 0 Å². The Kier molecular flexibility index (Phi) is 4.35. The van der Waals surface area contributed by atoms with Crippen molar-refractivity contribution in [2.24, 2.45) is 0 Å². The van der Waals surface area contributed by atoms with Gasteiger partial charge in [-0.05, 0) is 17.5 Å². The molecule has 1 aromatic heterocycles. The molecule has 0 saturated carbocycles. The number of benzene rings is 1. The van der Waals surface area contributed by atoms with Crippen molar-refractivity contribution in [2.45, 2.75) is 6.92 Å². The van der Waals surface area contributed by atoms with Gasteiger partial charge in [0.1, 0.15) is 16.4 Å². The molecule has 1 saturated heterocycles. The van der Waals surface area contributed by atoms with E-state index >= 15 is 0 Å². The first-order chi connectivity index (χ1) is 12.4. The maximum absolute atomic E-state index is 11.3. The first-order valence-electron chi connectivity index (χ1n) is 8.09. The first kappa shape index (κ1) is 17.3. The highest BCUT2D eigenvalue weighted by Crippen LogP contribution is 2.30. The summed E-state index contributed by atoms with van der Waals surface area (Å²) in [5.41, 5.74) is 3.74. The molecular weight excluding hydrogens is 364 g/mol. The SMILES string of the molecule is CC1=C(N2CCOCC2)N[n+]2ccc3ccccc3c2N1O[Cl+3]([O-])([O-])[O-]. The Labute approximate surface area is 151 Å². The molecule has 0 bridgehead atoms. The molecular formula is C16H18ClN4O5+. The first-order valence-corrected chi connectivity index (χ1v) is 9.32. The molecule has 1 N–H and O–H groups in total. The number of fused-ring (bicyclic) bond motifs is 3. The van der Waals surface area contributed by atoms with Gasteiger partial charge in [-0.3, -0.25) is 0 Å². The third-order valence-electron chi connectivity index (χ3n) is 4.38. The average molecular weight is 382 g/mol. The zero-order valence-electron chi connectivity index (χ0n) is 14.1. The minimum absolute atomic E-state index is 0.407. The summed E-state index contributed by atoms with van der Waals surface area (Å²) in [6, 6.07) is 9.34. The van der Waals surface area contributed by atoms with Crippen molar-refractivity contribution >= 4 is 16.6 Å². The number of morpholine rings is 1. The highest BCUT2D eigenvalue weighted by molar-refractivity contribution is 5.91. The van der Waals surface area contributed by atoms with Gasteiger partial charge >= 0.3 is 5.82 Å². The normalized spacial score (nSPS) is 18.2. The van der Waals surface area contributed by atoms with Gasteiger partial charge in [0.2, 0.25) is 0 Å². The van der Waals surface area contributed by atoms with Crippen LogP contribution in [-0.4, -0.2) is 31.2 Å². The minimum Gasteiger partial charge on any atom is -0.378 e. The largest absolute Gasteiger partial charge is 0.378 e. The smallest absolute Gasteiger partial charge is 0.358 e. The van der Waals surface area contributed by atoms with Gasteiger partial charge in [0, 0.05) is 20.0 Å². The maximum Gasteiger partial charge on any atom is 0.358 e. The van der Waals surface area contributed by atoms with Crippen molar-refractivity contribution in [1.82, 2.24) is 4.90 Å². The van der Waals surface area contributed by atoms with Gasteiger partial charge in [0.05, 0.1) is 23.7 Å². The summed E-state index contributed by atoms with van der Waals surface area (Å²) in [5.74, 6) is 1.06. The van der Waals surface area contributed by atoms with Gasteiger partial charge < -0.3 is 9.64 Å². The van der Waals surface area contributed by atoms with Crippen LogP contribution in [0.3, 0.4) is 0 Å². The molecule has 0 spiro atoms. The van der Waals surface area contributed by atoms with Crippen LogP contribution in [0.25, 0.3) is 10.8 Å². The fourth-order valence-corrected chi connectivity index (χ4v) is 3.54. The van der Waals surface area contributed by atoms with E-state index < -0.39 is 10.2 Å². The Hall–Kier alpha value is -2.14. The molecule has 26 heavy (non-hydrogen) atoms. The molecule has 9 nitrogen and oxygen atoms in total. The van der Waals surface area contributed by atoms with Crippen molar-refractivity contribution in [1.29, 1.82) is 0 Å². The number of anilines is 1. The number of hydrogen-bond acceptors (Lipinski definition) is 8. The van der Waals surface area contributed by atoms with Crippen LogP contribution in [0.2, 0.25) is 0 Å². The predicted octanol–water partition coefficient (Wildman–Crippen LogP) is -2.16. The molecule has 1 aromatic carbocycles. The van der Waals surface area contributed by atoms with Crippen LogP contribution in [0, 0.1) is 10.2 Å². The van der Waals surface area contributed by atoms with Crippen LogP contribution in [0.4, 0.5) is 5.82 Å². The standard InChI is InChI=1S/C16H18ClN4O5/c1-12-15(19-8-10-25-11-9-19)18-20-7-6-13-4-2-3-5-14(13)16(20)21(12)26-17(22,23)24/h2-7,18H,8-11H2,1H3/q+1. The Morgan fingerprint density at radius 1 is 1.15 bits per heavy atom. The second-order valence-electron chi connectivity index (χ2n) is 5.98. The lowest BCUT2D eigenvalue weighted by atomic mass is 10.1. The zero-order chi connectivity index (χ0) is 18.3. The van der Waals surface area contributed by atoms with Crippen molar-refractivity contribution in [2.75, 3.05) is 36.8 Å².